The summed E-state index contributed by atoms with van der Waals surface area (Å²) in [6.45, 7) is 2.68. The van der Waals surface area contributed by atoms with Crippen molar-refractivity contribution < 1.29 is 18.0 Å². The highest BCUT2D eigenvalue weighted by molar-refractivity contribution is 9.10. The molecule has 10 heteroatoms. The lowest BCUT2D eigenvalue weighted by Crippen LogP contribution is -2.25. The zero-order valence-electron chi connectivity index (χ0n) is 11.8. The van der Waals surface area contributed by atoms with Crippen molar-refractivity contribution in [1.29, 1.82) is 0 Å². The minimum Gasteiger partial charge on any atom is -0.345 e. The third kappa shape index (κ3) is 3.49. The molecule has 22 heavy (non-hydrogen) atoms. The Labute approximate surface area is 132 Å². The number of alkyl halides is 3. The summed E-state index contributed by atoms with van der Waals surface area (Å²) in [4.78, 5) is 12.0. The Bertz CT molecular complexity index is 691. The Hall–Kier alpha value is -1.84. The quantitative estimate of drug-likeness (QED) is 0.886. The zero-order chi connectivity index (χ0) is 16.5. The average Bonchev–Trinajstić information content (AvgIpc) is 2.99. The lowest BCUT2D eigenvalue weighted by molar-refractivity contribution is -0.141. The van der Waals surface area contributed by atoms with Crippen LogP contribution in [0.4, 0.5) is 13.2 Å². The minimum absolute atomic E-state index is 0.0962. The molecule has 0 aliphatic carbocycles. The summed E-state index contributed by atoms with van der Waals surface area (Å²) in [7, 11) is 1.28. The Kier molecular flexibility index (Phi) is 4.59. The summed E-state index contributed by atoms with van der Waals surface area (Å²) >= 11 is 3.31. The van der Waals surface area contributed by atoms with Crippen LogP contribution in [-0.4, -0.2) is 25.5 Å². The van der Waals surface area contributed by atoms with Crippen LogP contribution in [0.3, 0.4) is 0 Å². The molecule has 6 nitrogen and oxygen atoms in total. The van der Waals surface area contributed by atoms with Crippen LogP contribution in [0.25, 0.3) is 0 Å². The van der Waals surface area contributed by atoms with E-state index in [2.05, 4.69) is 31.4 Å². The molecule has 0 saturated carbocycles. The third-order valence-corrected chi connectivity index (χ3v) is 3.59. The molecule has 1 amide bonds. The van der Waals surface area contributed by atoms with Gasteiger partial charge in [0.1, 0.15) is 5.69 Å². The van der Waals surface area contributed by atoms with E-state index >= 15 is 0 Å². The van der Waals surface area contributed by atoms with Crippen LogP contribution in [0.5, 0.6) is 0 Å². The summed E-state index contributed by atoms with van der Waals surface area (Å²) < 4.78 is 41.0. The number of amides is 1. The first-order chi connectivity index (χ1) is 10.2. The van der Waals surface area contributed by atoms with Gasteiger partial charge in [0.25, 0.3) is 5.91 Å². The van der Waals surface area contributed by atoms with Crippen molar-refractivity contribution >= 4 is 21.8 Å². The molecule has 0 aromatic carbocycles. The van der Waals surface area contributed by atoms with E-state index in [1.165, 1.54) is 7.05 Å². The highest BCUT2D eigenvalue weighted by Gasteiger charge is 2.35. The van der Waals surface area contributed by atoms with Gasteiger partial charge in [0.15, 0.2) is 5.69 Å². The van der Waals surface area contributed by atoms with Crippen LogP contribution in [0.1, 0.15) is 28.8 Å². The fourth-order valence-electron chi connectivity index (χ4n) is 1.79. The number of rotatable bonds is 4. The van der Waals surface area contributed by atoms with E-state index in [0.29, 0.717) is 12.2 Å². The molecule has 0 aliphatic heterocycles. The number of carbonyl (C=O) groups excluding carboxylic acids is 1. The lowest BCUT2D eigenvalue weighted by atomic mass is 10.3. The van der Waals surface area contributed by atoms with Crippen LogP contribution < -0.4 is 5.32 Å². The molecule has 0 fully saturated rings. The van der Waals surface area contributed by atoms with E-state index in [1.807, 2.05) is 6.92 Å². The molecule has 0 saturated heterocycles. The van der Waals surface area contributed by atoms with Gasteiger partial charge in [0.2, 0.25) is 0 Å². The van der Waals surface area contributed by atoms with E-state index in [0.717, 1.165) is 15.2 Å². The van der Waals surface area contributed by atoms with Gasteiger partial charge in [0, 0.05) is 25.9 Å². The second kappa shape index (κ2) is 6.11. The molecule has 0 bridgehead atoms. The van der Waals surface area contributed by atoms with Gasteiger partial charge in [-0.2, -0.15) is 23.4 Å². The number of halogens is 4. The summed E-state index contributed by atoms with van der Waals surface area (Å²) in [5, 5.41) is 10.0. The van der Waals surface area contributed by atoms with Crippen molar-refractivity contribution in [1.82, 2.24) is 24.9 Å². The van der Waals surface area contributed by atoms with Gasteiger partial charge in [-0.25, -0.2) is 0 Å². The molecular weight excluding hydrogens is 367 g/mol. The van der Waals surface area contributed by atoms with Crippen molar-refractivity contribution in [2.45, 2.75) is 26.2 Å². The summed E-state index contributed by atoms with van der Waals surface area (Å²) in [5.41, 5.74) is -0.677. The van der Waals surface area contributed by atoms with E-state index in [4.69, 9.17) is 0 Å². The zero-order valence-corrected chi connectivity index (χ0v) is 13.4. The molecular formula is C12H13BrF3N5O. The summed E-state index contributed by atoms with van der Waals surface area (Å²) in [5.74, 6) is -0.650. The van der Waals surface area contributed by atoms with Gasteiger partial charge in [-0.1, -0.05) is 0 Å². The SMILES string of the molecule is CCn1cc(Br)c(CNC(=O)c2cc(C(F)(F)F)nn2C)n1. The van der Waals surface area contributed by atoms with Gasteiger partial charge in [-0.05, 0) is 22.9 Å². The van der Waals surface area contributed by atoms with Gasteiger partial charge in [-0.15, -0.1) is 0 Å². The standard InChI is InChI=1S/C12H13BrF3N5O/c1-3-21-6-7(13)8(18-21)5-17-11(22)9-4-10(12(14,15)16)19-20(9)2/h4,6H,3,5H2,1-2H3,(H,17,22). The van der Waals surface area contributed by atoms with Gasteiger partial charge < -0.3 is 5.32 Å². The van der Waals surface area contributed by atoms with Crippen LogP contribution in [-0.2, 0) is 26.3 Å². The largest absolute Gasteiger partial charge is 0.435 e. The Morgan fingerprint density at radius 3 is 2.59 bits per heavy atom. The van der Waals surface area contributed by atoms with Crippen molar-refractivity contribution in [2.75, 3.05) is 0 Å². The van der Waals surface area contributed by atoms with Gasteiger partial charge in [0.05, 0.1) is 16.7 Å². The molecule has 0 aliphatic rings. The monoisotopic (exact) mass is 379 g/mol. The molecule has 0 radical (unpaired) electrons. The molecule has 0 spiro atoms. The fourth-order valence-corrected chi connectivity index (χ4v) is 2.25. The molecule has 2 aromatic heterocycles. The first-order valence-electron chi connectivity index (χ1n) is 6.33. The number of carbonyl (C=O) groups is 1. The Balaban J connectivity index is 2.09. The maximum atomic E-state index is 12.6. The van der Waals surface area contributed by atoms with Crippen molar-refractivity contribution in [3.63, 3.8) is 0 Å². The Morgan fingerprint density at radius 1 is 1.41 bits per heavy atom. The van der Waals surface area contributed by atoms with Crippen molar-refractivity contribution in [2.24, 2.45) is 7.05 Å². The fraction of sp³-hybridized carbons (Fsp3) is 0.417. The molecule has 0 unspecified atom stereocenters. The molecule has 2 heterocycles. The third-order valence-electron chi connectivity index (χ3n) is 2.93. The number of nitrogens with zero attached hydrogens (tertiary/aromatic N) is 4. The van der Waals surface area contributed by atoms with E-state index in [9.17, 15) is 18.0 Å². The van der Waals surface area contributed by atoms with Crippen molar-refractivity contribution in [3.05, 3.63) is 33.8 Å². The number of hydrogen-bond acceptors (Lipinski definition) is 3. The van der Waals surface area contributed by atoms with Crippen LogP contribution in [0.15, 0.2) is 16.7 Å². The van der Waals surface area contributed by atoms with Crippen LogP contribution in [0, 0.1) is 0 Å². The topological polar surface area (TPSA) is 64.7 Å². The highest BCUT2D eigenvalue weighted by atomic mass is 79.9. The second-order valence-electron chi connectivity index (χ2n) is 4.50. The predicted molar refractivity (Wildman–Crippen MR) is 75.0 cm³/mol. The van der Waals surface area contributed by atoms with E-state index < -0.39 is 17.8 Å². The molecule has 0 atom stereocenters. The van der Waals surface area contributed by atoms with Gasteiger partial charge >= 0.3 is 6.18 Å². The van der Waals surface area contributed by atoms with Crippen molar-refractivity contribution in [3.8, 4) is 0 Å². The first-order valence-corrected chi connectivity index (χ1v) is 7.13. The predicted octanol–water partition coefficient (Wildman–Crippen LogP) is 2.35. The second-order valence-corrected chi connectivity index (χ2v) is 5.35. The lowest BCUT2D eigenvalue weighted by Gasteiger charge is -2.03. The Morgan fingerprint density at radius 2 is 2.09 bits per heavy atom. The maximum absolute atomic E-state index is 12.6. The molecule has 2 aromatic rings. The maximum Gasteiger partial charge on any atom is 0.435 e. The minimum atomic E-state index is -4.58. The first kappa shape index (κ1) is 16.5. The van der Waals surface area contributed by atoms with Crippen LogP contribution in [0.2, 0.25) is 0 Å². The summed E-state index contributed by atoms with van der Waals surface area (Å²) in [6.07, 6.45) is -2.83. The van der Waals surface area contributed by atoms with E-state index in [1.54, 1.807) is 10.9 Å². The van der Waals surface area contributed by atoms with Gasteiger partial charge in [-0.3, -0.25) is 14.2 Å². The average molecular weight is 380 g/mol. The summed E-state index contributed by atoms with van der Waals surface area (Å²) in [6, 6.07) is 0.717. The van der Waals surface area contributed by atoms with E-state index in [-0.39, 0.29) is 12.2 Å². The number of aryl methyl sites for hydroxylation is 2. The van der Waals surface area contributed by atoms with Crippen LogP contribution >= 0.6 is 15.9 Å². The highest BCUT2D eigenvalue weighted by Crippen LogP contribution is 2.28. The number of aromatic nitrogens is 4. The normalized spacial score (nSPS) is 11.7. The number of nitrogens with one attached hydrogen (secondary N) is 1. The molecule has 1 N–H and O–H groups in total. The smallest absolute Gasteiger partial charge is 0.345 e. The number of hydrogen-bond donors (Lipinski definition) is 1. The molecule has 120 valence electrons. The molecule has 2 rings (SSSR count).